The van der Waals surface area contributed by atoms with Crippen LogP contribution in [0.1, 0.15) is 45.9 Å². The van der Waals surface area contributed by atoms with Gasteiger partial charge in [-0.2, -0.15) is 0 Å². The molecule has 0 aliphatic carbocycles. The van der Waals surface area contributed by atoms with Gasteiger partial charge in [0.05, 0.1) is 0 Å². The summed E-state index contributed by atoms with van der Waals surface area (Å²) in [5.41, 5.74) is 0. The molecule has 0 unspecified atom stereocenters. The molecule has 0 radical (unpaired) electrons. The van der Waals surface area contributed by atoms with Crippen LogP contribution in [0.2, 0.25) is 13.3 Å². The predicted molar refractivity (Wildman–Crippen MR) is 69.0 cm³/mol. The van der Waals surface area contributed by atoms with Gasteiger partial charge >= 0.3 is 103 Å². The number of rotatable bonds is 7. The second-order valence-electron chi connectivity index (χ2n) is 4.60. The van der Waals surface area contributed by atoms with Crippen LogP contribution in [0.5, 0.6) is 0 Å². The molecule has 92 valence electrons. The predicted octanol–water partition coefficient (Wildman–Crippen LogP) is 3.01. The van der Waals surface area contributed by atoms with Crippen LogP contribution in [0.4, 0.5) is 0 Å². The van der Waals surface area contributed by atoms with Crippen LogP contribution in [0, 0.1) is 6.92 Å². The minimum atomic E-state index is -2.35. The third-order valence-electron chi connectivity index (χ3n) is 3.08. The van der Waals surface area contributed by atoms with Crippen LogP contribution in [0.25, 0.3) is 0 Å². The van der Waals surface area contributed by atoms with Gasteiger partial charge < -0.3 is 0 Å². The summed E-state index contributed by atoms with van der Waals surface area (Å²) >= 11 is -2.35. The van der Waals surface area contributed by atoms with Crippen molar-refractivity contribution in [1.29, 1.82) is 0 Å². The first kappa shape index (κ1) is 13.9. The van der Waals surface area contributed by atoms with Crippen molar-refractivity contribution in [3.8, 4) is 0 Å². The molecule has 0 aliphatic rings. The second-order valence-corrected chi connectivity index (χ2v) is 17.0. The SMILES string of the molecule is CC[CH2][Sn]([CH2]CC)([CH2]CC)[n]1nnc(C)n1. The maximum atomic E-state index is 4.53. The van der Waals surface area contributed by atoms with Crippen LogP contribution in [0.3, 0.4) is 0 Å². The van der Waals surface area contributed by atoms with E-state index in [4.69, 9.17) is 0 Å². The molecule has 0 saturated heterocycles. The zero-order valence-corrected chi connectivity index (χ0v) is 13.9. The Hall–Kier alpha value is -0.131. The molecule has 0 N–H and O–H groups in total. The molecule has 4 nitrogen and oxygen atoms in total. The summed E-state index contributed by atoms with van der Waals surface area (Å²) in [5, 5.41) is 12.9. The van der Waals surface area contributed by atoms with E-state index in [-0.39, 0.29) is 0 Å². The Bertz CT molecular complexity index is 294. The molecule has 5 heteroatoms. The van der Waals surface area contributed by atoms with Crippen molar-refractivity contribution < 1.29 is 0 Å². The van der Waals surface area contributed by atoms with Crippen LogP contribution >= 0.6 is 0 Å². The maximum absolute atomic E-state index is 4.53. The fourth-order valence-electron chi connectivity index (χ4n) is 2.56. The molecule has 1 aromatic rings. The van der Waals surface area contributed by atoms with Gasteiger partial charge in [0.2, 0.25) is 0 Å². The van der Waals surface area contributed by atoms with Gasteiger partial charge in [-0.05, 0) is 0 Å². The molecule has 1 rings (SSSR count). The van der Waals surface area contributed by atoms with E-state index in [2.05, 4.69) is 39.2 Å². The Morgan fingerprint density at radius 3 is 1.81 bits per heavy atom. The summed E-state index contributed by atoms with van der Waals surface area (Å²) in [6, 6.07) is 0. The van der Waals surface area contributed by atoms with Crippen molar-refractivity contribution in [3.63, 3.8) is 0 Å². The van der Waals surface area contributed by atoms with Crippen LogP contribution < -0.4 is 0 Å². The summed E-state index contributed by atoms with van der Waals surface area (Å²) < 4.78 is 6.14. The van der Waals surface area contributed by atoms with Crippen molar-refractivity contribution in [3.05, 3.63) is 5.82 Å². The van der Waals surface area contributed by atoms with E-state index in [1.807, 2.05) is 6.92 Å². The number of hydrogen-bond donors (Lipinski definition) is 0. The molecule has 0 aliphatic heterocycles. The molecule has 0 atom stereocenters. The van der Waals surface area contributed by atoms with Crippen LogP contribution in [0.15, 0.2) is 0 Å². The fourth-order valence-corrected chi connectivity index (χ4v) is 16.1. The average molecular weight is 331 g/mol. The Balaban J connectivity index is 2.98. The van der Waals surface area contributed by atoms with Crippen LogP contribution in [-0.2, 0) is 0 Å². The van der Waals surface area contributed by atoms with Crippen molar-refractivity contribution in [2.45, 2.75) is 60.3 Å². The Morgan fingerprint density at radius 2 is 1.50 bits per heavy atom. The number of tetrazole rings is 1. The number of hydrogen-bond acceptors (Lipinski definition) is 3. The fraction of sp³-hybridized carbons (Fsp3) is 0.909. The van der Waals surface area contributed by atoms with E-state index < -0.39 is 18.7 Å². The molecule has 0 fully saturated rings. The Morgan fingerprint density at radius 1 is 1.00 bits per heavy atom. The summed E-state index contributed by atoms with van der Waals surface area (Å²) in [6.07, 6.45) is 3.78. The summed E-state index contributed by atoms with van der Waals surface area (Å²) in [4.78, 5) is 0. The molecule has 0 bridgehead atoms. The van der Waals surface area contributed by atoms with Crippen molar-refractivity contribution in [2.75, 3.05) is 0 Å². The van der Waals surface area contributed by atoms with Crippen molar-refractivity contribution >= 4 is 18.7 Å². The topological polar surface area (TPSA) is 43.6 Å². The molecule has 1 aromatic heterocycles. The van der Waals surface area contributed by atoms with Gasteiger partial charge in [-0.25, -0.2) is 0 Å². The van der Waals surface area contributed by atoms with E-state index in [1.54, 1.807) is 0 Å². The summed E-state index contributed by atoms with van der Waals surface area (Å²) in [7, 11) is 0. The zero-order chi connectivity index (χ0) is 12.0. The summed E-state index contributed by atoms with van der Waals surface area (Å²) in [6.45, 7) is 8.77. The van der Waals surface area contributed by atoms with Gasteiger partial charge in [-0.1, -0.05) is 0 Å². The van der Waals surface area contributed by atoms with E-state index in [1.165, 1.54) is 32.6 Å². The molecule has 0 spiro atoms. The third kappa shape index (κ3) is 3.18. The first-order valence-corrected chi connectivity index (χ1v) is 13.8. The monoisotopic (exact) mass is 332 g/mol. The number of aromatic nitrogens is 4. The third-order valence-corrected chi connectivity index (χ3v) is 18.3. The first-order chi connectivity index (χ1) is 7.68. The average Bonchev–Trinajstić information content (AvgIpc) is 2.66. The molecule has 1 heterocycles. The molecular weight excluding hydrogens is 307 g/mol. The normalized spacial score (nSPS) is 12.0. The van der Waals surface area contributed by atoms with E-state index >= 15 is 0 Å². The molecule has 0 amide bonds. The zero-order valence-electron chi connectivity index (χ0n) is 11.0. The van der Waals surface area contributed by atoms with Crippen molar-refractivity contribution in [1.82, 2.24) is 18.4 Å². The van der Waals surface area contributed by atoms with E-state index in [9.17, 15) is 0 Å². The van der Waals surface area contributed by atoms with Crippen molar-refractivity contribution in [2.24, 2.45) is 0 Å². The minimum absolute atomic E-state index is 0.824. The molecule has 0 aromatic carbocycles. The molecule has 0 saturated carbocycles. The second kappa shape index (κ2) is 6.57. The Labute approximate surface area is 103 Å². The van der Waals surface area contributed by atoms with Crippen LogP contribution in [-0.4, -0.2) is 37.1 Å². The van der Waals surface area contributed by atoms with Gasteiger partial charge in [0, 0.05) is 0 Å². The molecular formula is C11H24N4Sn. The van der Waals surface area contributed by atoms with Gasteiger partial charge in [0.25, 0.3) is 0 Å². The van der Waals surface area contributed by atoms with Gasteiger partial charge in [0.1, 0.15) is 0 Å². The standard InChI is InChI=1S/3C3H7.C2H3N4.Sn/c3*1-3-2;1-2-3-5-6-4-2;/h3*1,3H2,2H3;1H3;/q;;;-1;+1. The van der Waals surface area contributed by atoms with Gasteiger partial charge in [-0.3, -0.25) is 0 Å². The molecule has 16 heavy (non-hydrogen) atoms. The Kier molecular flexibility index (Phi) is 5.72. The van der Waals surface area contributed by atoms with E-state index in [0.717, 1.165) is 5.82 Å². The van der Waals surface area contributed by atoms with Gasteiger partial charge in [0.15, 0.2) is 0 Å². The summed E-state index contributed by atoms with van der Waals surface area (Å²) in [5.74, 6) is 0.824. The van der Waals surface area contributed by atoms with E-state index in [0.29, 0.717) is 0 Å². The van der Waals surface area contributed by atoms with Gasteiger partial charge in [-0.15, -0.1) is 0 Å². The number of nitrogens with zero attached hydrogens (tertiary/aromatic N) is 4. The number of aryl methyl sites for hydroxylation is 1. The quantitative estimate of drug-likeness (QED) is 0.722. The first-order valence-electron chi connectivity index (χ1n) is 6.45.